The third-order valence-electron chi connectivity index (χ3n) is 4.41. The van der Waals surface area contributed by atoms with Crippen LogP contribution in [0.15, 0.2) is 42.7 Å². The average Bonchev–Trinajstić information content (AvgIpc) is 3.28. The number of hydrogen-bond donors (Lipinski definition) is 0. The zero-order chi connectivity index (χ0) is 15.9. The predicted molar refractivity (Wildman–Crippen MR) is 94.8 cm³/mol. The maximum absolute atomic E-state index is 4.66. The number of piperazine rings is 1. The zero-order valence-electron chi connectivity index (χ0n) is 12.9. The highest BCUT2D eigenvalue weighted by molar-refractivity contribution is 7.13. The smallest absolute Gasteiger partial charge is 0.177 e. The van der Waals surface area contributed by atoms with Gasteiger partial charge in [-0.2, -0.15) is 8.89 Å². The molecule has 4 aromatic rings. The van der Waals surface area contributed by atoms with Crippen LogP contribution in [0.1, 0.15) is 0 Å². The van der Waals surface area contributed by atoms with Crippen LogP contribution in [-0.4, -0.2) is 50.4 Å². The summed E-state index contributed by atoms with van der Waals surface area (Å²) in [5.74, 6) is 2.07. The van der Waals surface area contributed by atoms with E-state index in [9.17, 15) is 0 Å². The standard InChI is InChI=1S/C16H15N7S/c1-2-4-13-12(3-1)16(20-24-13)22-9-7-21(8-10-22)15-6-5-14-18-17-11-23(14)19-15/h1-6,11H,7-10H2. The molecule has 7 nitrogen and oxygen atoms in total. The highest BCUT2D eigenvalue weighted by atomic mass is 32.1. The van der Waals surface area contributed by atoms with Crippen molar-refractivity contribution in [2.24, 2.45) is 0 Å². The van der Waals surface area contributed by atoms with Crippen LogP contribution in [0.2, 0.25) is 0 Å². The number of anilines is 2. The van der Waals surface area contributed by atoms with E-state index in [1.165, 1.54) is 10.1 Å². The molecule has 0 unspecified atom stereocenters. The van der Waals surface area contributed by atoms with Gasteiger partial charge in [0.25, 0.3) is 0 Å². The van der Waals surface area contributed by atoms with Crippen LogP contribution in [0.3, 0.4) is 0 Å². The summed E-state index contributed by atoms with van der Waals surface area (Å²) in [5.41, 5.74) is 0.770. The van der Waals surface area contributed by atoms with Crippen LogP contribution in [0.5, 0.6) is 0 Å². The lowest BCUT2D eigenvalue weighted by molar-refractivity contribution is 0.639. The quantitative estimate of drug-likeness (QED) is 0.558. The van der Waals surface area contributed by atoms with E-state index in [1.807, 2.05) is 12.1 Å². The Balaban J connectivity index is 1.37. The predicted octanol–water partition coefficient (Wildman–Crippen LogP) is 2.06. The van der Waals surface area contributed by atoms with Gasteiger partial charge in [-0.25, -0.2) is 0 Å². The van der Waals surface area contributed by atoms with E-state index in [1.54, 1.807) is 22.4 Å². The zero-order valence-corrected chi connectivity index (χ0v) is 13.7. The molecule has 0 bridgehead atoms. The summed E-state index contributed by atoms with van der Waals surface area (Å²) >= 11 is 1.57. The normalized spacial score (nSPS) is 15.5. The fourth-order valence-corrected chi connectivity index (χ4v) is 3.93. The summed E-state index contributed by atoms with van der Waals surface area (Å²) in [6, 6.07) is 12.4. The van der Waals surface area contributed by atoms with Crippen molar-refractivity contribution in [1.29, 1.82) is 0 Å². The van der Waals surface area contributed by atoms with Crippen molar-refractivity contribution in [3.8, 4) is 0 Å². The molecule has 8 heteroatoms. The summed E-state index contributed by atoms with van der Waals surface area (Å²) in [7, 11) is 0. The maximum Gasteiger partial charge on any atom is 0.177 e. The number of fused-ring (bicyclic) bond motifs is 2. The number of benzene rings is 1. The van der Waals surface area contributed by atoms with Crippen LogP contribution >= 0.6 is 11.5 Å². The van der Waals surface area contributed by atoms with Crippen LogP contribution in [-0.2, 0) is 0 Å². The van der Waals surface area contributed by atoms with Crippen molar-refractivity contribution in [2.45, 2.75) is 0 Å². The first kappa shape index (κ1) is 13.7. The van der Waals surface area contributed by atoms with Crippen LogP contribution in [0, 0.1) is 0 Å². The third kappa shape index (κ3) is 2.18. The van der Waals surface area contributed by atoms with Crippen molar-refractivity contribution in [2.75, 3.05) is 36.0 Å². The van der Waals surface area contributed by atoms with Gasteiger partial charge in [-0.05, 0) is 35.8 Å². The molecule has 0 spiro atoms. The van der Waals surface area contributed by atoms with Crippen LogP contribution < -0.4 is 9.80 Å². The minimum atomic E-state index is 0.770. The highest BCUT2D eigenvalue weighted by Crippen LogP contribution is 2.30. The monoisotopic (exact) mass is 337 g/mol. The molecular formula is C16H15N7S. The Labute approximate surface area is 142 Å². The van der Waals surface area contributed by atoms with Gasteiger partial charge in [0, 0.05) is 31.6 Å². The molecule has 1 fully saturated rings. The van der Waals surface area contributed by atoms with Gasteiger partial charge in [0.2, 0.25) is 0 Å². The van der Waals surface area contributed by atoms with Gasteiger partial charge < -0.3 is 9.80 Å². The Kier molecular flexibility index (Phi) is 3.08. The molecule has 0 amide bonds. The molecule has 0 saturated carbocycles. The van der Waals surface area contributed by atoms with E-state index in [0.29, 0.717) is 0 Å². The minimum absolute atomic E-state index is 0.770. The second kappa shape index (κ2) is 5.41. The van der Waals surface area contributed by atoms with Gasteiger partial charge >= 0.3 is 0 Å². The minimum Gasteiger partial charge on any atom is -0.352 e. The second-order valence-electron chi connectivity index (χ2n) is 5.80. The summed E-state index contributed by atoms with van der Waals surface area (Å²) < 4.78 is 7.63. The van der Waals surface area contributed by atoms with Crippen molar-refractivity contribution in [3.05, 3.63) is 42.7 Å². The van der Waals surface area contributed by atoms with Crippen molar-refractivity contribution in [1.82, 2.24) is 24.2 Å². The summed E-state index contributed by atoms with van der Waals surface area (Å²) in [6.45, 7) is 3.73. The molecular weight excluding hydrogens is 322 g/mol. The molecule has 0 N–H and O–H groups in total. The maximum atomic E-state index is 4.66. The summed E-state index contributed by atoms with van der Waals surface area (Å²) in [4.78, 5) is 4.66. The molecule has 0 aliphatic carbocycles. The highest BCUT2D eigenvalue weighted by Gasteiger charge is 2.21. The van der Waals surface area contributed by atoms with Crippen molar-refractivity contribution in [3.63, 3.8) is 0 Å². The Bertz CT molecular complexity index is 1000. The molecule has 0 radical (unpaired) electrons. The lowest BCUT2D eigenvalue weighted by Crippen LogP contribution is -2.47. The molecule has 4 heterocycles. The van der Waals surface area contributed by atoms with E-state index in [0.717, 1.165) is 43.5 Å². The SMILES string of the molecule is c1ccc2c(N3CCN(c4ccc5nncn5n4)CC3)nsc2c1. The molecule has 1 aliphatic heterocycles. The molecule has 0 atom stereocenters. The van der Waals surface area contributed by atoms with E-state index in [-0.39, 0.29) is 0 Å². The van der Waals surface area contributed by atoms with E-state index < -0.39 is 0 Å². The fraction of sp³-hybridized carbons (Fsp3) is 0.250. The van der Waals surface area contributed by atoms with Gasteiger partial charge in [-0.1, -0.05) is 12.1 Å². The molecule has 1 aliphatic rings. The molecule has 1 saturated heterocycles. The van der Waals surface area contributed by atoms with Crippen molar-refractivity contribution >= 4 is 38.9 Å². The summed E-state index contributed by atoms with van der Waals surface area (Å²) in [5, 5.41) is 13.7. The van der Waals surface area contributed by atoms with E-state index >= 15 is 0 Å². The van der Waals surface area contributed by atoms with Gasteiger partial charge in [0.05, 0.1) is 4.70 Å². The number of aromatic nitrogens is 5. The van der Waals surface area contributed by atoms with Gasteiger partial charge in [0.15, 0.2) is 5.65 Å². The van der Waals surface area contributed by atoms with Crippen LogP contribution in [0.25, 0.3) is 15.7 Å². The second-order valence-corrected chi connectivity index (χ2v) is 6.61. The lowest BCUT2D eigenvalue weighted by atomic mass is 10.2. The Hall–Kier alpha value is -2.74. The van der Waals surface area contributed by atoms with Crippen LogP contribution in [0.4, 0.5) is 11.6 Å². The third-order valence-corrected chi connectivity index (χ3v) is 5.23. The first-order chi connectivity index (χ1) is 11.9. The topological polar surface area (TPSA) is 62.5 Å². The Morgan fingerprint density at radius 3 is 2.67 bits per heavy atom. The van der Waals surface area contributed by atoms with Gasteiger partial charge in [0.1, 0.15) is 18.0 Å². The Morgan fingerprint density at radius 2 is 1.75 bits per heavy atom. The first-order valence-electron chi connectivity index (χ1n) is 7.90. The molecule has 120 valence electrons. The lowest BCUT2D eigenvalue weighted by Gasteiger charge is -2.35. The average molecular weight is 337 g/mol. The first-order valence-corrected chi connectivity index (χ1v) is 8.67. The van der Waals surface area contributed by atoms with Crippen molar-refractivity contribution < 1.29 is 0 Å². The molecule has 1 aromatic carbocycles. The molecule has 3 aromatic heterocycles. The number of nitrogens with zero attached hydrogens (tertiary/aromatic N) is 7. The number of hydrogen-bond acceptors (Lipinski definition) is 7. The Morgan fingerprint density at radius 1 is 0.917 bits per heavy atom. The fourth-order valence-electron chi connectivity index (χ4n) is 3.14. The van der Waals surface area contributed by atoms with E-state index in [2.05, 4.69) is 53.7 Å². The van der Waals surface area contributed by atoms with Gasteiger partial charge in [-0.15, -0.1) is 15.3 Å². The number of rotatable bonds is 2. The largest absolute Gasteiger partial charge is 0.352 e. The molecule has 5 rings (SSSR count). The summed E-state index contributed by atoms with van der Waals surface area (Å²) in [6.07, 6.45) is 1.64. The molecule has 24 heavy (non-hydrogen) atoms. The van der Waals surface area contributed by atoms with E-state index in [4.69, 9.17) is 0 Å². The van der Waals surface area contributed by atoms with Gasteiger partial charge in [-0.3, -0.25) is 0 Å².